The highest BCUT2D eigenvalue weighted by molar-refractivity contribution is 5.93. The minimum atomic E-state index is -1.00. The zero-order chi connectivity index (χ0) is 14.9. The molecule has 1 aromatic carbocycles. The van der Waals surface area contributed by atoms with Crippen LogP contribution in [0.3, 0.4) is 0 Å². The van der Waals surface area contributed by atoms with E-state index in [9.17, 15) is 4.39 Å². The smallest absolute Gasteiger partial charge is 0.146 e. The third-order valence-electron chi connectivity index (χ3n) is 3.85. The monoisotopic (exact) mass is 298 g/mol. The topological polar surface area (TPSA) is 62.8 Å². The number of pyridine rings is 1. The lowest BCUT2D eigenvalue weighted by Crippen LogP contribution is -2.29. The molecule has 3 aromatic rings. The summed E-state index contributed by atoms with van der Waals surface area (Å²) in [5, 5.41) is 11.5. The van der Waals surface area contributed by atoms with Crippen molar-refractivity contribution in [1.29, 1.82) is 0 Å². The van der Waals surface area contributed by atoms with Crippen LogP contribution >= 0.6 is 0 Å². The molecule has 22 heavy (non-hydrogen) atoms. The van der Waals surface area contributed by atoms with Gasteiger partial charge in [0.05, 0.1) is 24.8 Å². The highest BCUT2D eigenvalue weighted by atomic mass is 19.1. The quantitative estimate of drug-likeness (QED) is 0.780. The number of para-hydroxylation sites is 1. The Labute approximate surface area is 126 Å². The van der Waals surface area contributed by atoms with Crippen LogP contribution in [0.25, 0.3) is 22.2 Å². The van der Waals surface area contributed by atoms with E-state index in [2.05, 4.69) is 20.5 Å². The van der Waals surface area contributed by atoms with E-state index in [0.717, 1.165) is 22.2 Å². The number of alkyl halides is 1. The molecule has 5 nitrogen and oxygen atoms in total. The molecule has 0 amide bonds. The SMILES string of the molecule is FC1COCC1Nc1cc(-c2n[nH]c3ccccc23)ccn1. The van der Waals surface area contributed by atoms with Crippen LogP contribution in [-0.4, -0.2) is 40.6 Å². The first kappa shape index (κ1) is 13.2. The Bertz CT molecular complexity index is 803. The van der Waals surface area contributed by atoms with Crippen molar-refractivity contribution in [2.75, 3.05) is 18.5 Å². The Balaban J connectivity index is 1.67. The van der Waals surface area contributed by atoms with Gasteiger partial charge in [0.1, 0.15) is 17.7 Å². The molecule has 1 saturated heterocycles. The number of benzene rings is 1. The van der Waals surface area contributed by atoms with Crippen LogP contribution < -0.4 is 5.32 Å². The van der Waals surface area contributed by atoms with Crippen molar-refractivity contribution in [3.8, 4) is 11.3 Å². The van der Waals surface area contributed by atoms with Crippen molar-refractivity contribution in [3.05, 3.63) is 42.6 Å². The van der Waals surface area contributed by atoms with Gasteiger partial charge in [0.25, 0.3) is 0 Å². The van der Waals surface area contributed by atoms with Crippen molar-refractivity contribution < 1.29 is 9.13 Å². The molecule has 1 aliphatic heterocycles. The van der Waals surface area contributed by atoms with Crippen molar-refractivity contribution in [1.82, 2.24) is 15.2 Å². The molecule has 1 aliphatic rings. The Morgan fingerprint density at radius 1 is 1.23 bits per heavy atom. The molecule has 0 spiro atoms. The van der Waals surface area contributed by atoms with Crippen LogP contribution in [0.1, 0.15) is 0 Å². The Kier molecular flexibility index (Phi) is 3.23. The summed E-state index contributed by atoms with van der Waals surface area (Å²) in [5.74, 6) is 0.628. The Hall–Kier alpha value is -2.47. The highest BCUT2D eigenvalue weighted by Crippen LogP contribution is 2.27. The number of hydrogen-bond acceptors (Lipinski definition) is 4. The van der Waals surface area contributed by atoms with Crippen LogP contribution in [0.15, 0.2) is 42.6 Å². The fourth-order valence-corrected chi connectivity index (χ4v) is 2.69. The van der Waals surface area contributed by atoms with Gasteiger partial charge in [-0.1, -0.05) is 18.2 Å². The minimum absolute atomic E-state index is 0.140. The lowest BCUT2D eigenvalue weighted by Gasteiger charge is -2.14. The summed E-state index contributed by atoms with van der Waals surface area (Å²) >= 11 is 0. The zero-order valence-corrected chi connectivity index (χ0v) is 11.8. The summed E-state index contributed by atoms with van der Waals surface area (Å²) in [7, 11) is 0. The standard InChI is InChI=1S/C16H15FN4O/c17-12-8-22-9-14(12)19-15-7-10(5-6-18-15)16-11-3-1-2-4-13(11)20-21-16/h1-7,12,14H,8-9H2,(H,18,19)(H,20,21). The van der Waals surface area contributed by atoms with E-state index in [1.807, 2.05) is 36.4 Å². The molecule has 0 radical (unpaired) electrons. The second kappa shape index (κ2) is 5.38. The van der Waals surface area contributed by atoms with Gasteiger partial charge in [-0.25, -0.2) is 9.37 Å². The molecule has 112 valence electrons. The number of fused-ring (bicyclic) bond motifs is 1. The number of nitrogens with one attached hydrogen (secondary N) is 2. The lowest BCUT2D eigenvalue weighted by molar-refractivity contribution is 0.173. The van der Waals surface area contributed by atoms with Crippen LogP contribution in [0.2, 0.25) is 0 Å². The van der Waals surface area contributed by atoms with Crippen molar-refractivity contribution in [2.45, 2.75) is 12.2 Å². The summed E-state index contributed by atoms with van der Waals surface area (Å²) < 4.78 is 18.7. The number of aromatic nitrogens is 3. The van der Waals surface area contributed by atoms with Gasteiger partial charge in [-0.3, -0.25) is 5.10 Å². The van der Waals surface area contributed by atoms with Crippen LogP contribution in [0.4, 0.5) is 10.2 Å². The fraction of sp³-hybridized carbons (Fsp3) is 0.250. The van der Waals surface area contributed by atoms with Crippen LogP contribution in [0, 0.1) is 0 Å². The van der Waals surface area contributed by atoms with Crippen LogP contribution in [-0.2, 0) is 4.74 Å². The number of nitrogens with zero attached hydrogens (tertiary/aromatic N) is 2. The molecule has 3 heterocycles. The largest absolute Gasteiger partial charge is 0.376 e. The van der Waals surface area contributed by atoms with E-state index in [-0.39, 0.29) is 12.6 Å². The first-order valence-corrected chi connectivity index (χ1v) is 7.19. The minimum Gasteiger partial charge on any atom is -0.376 e. The normalized spacial score (nSPS) is 21.3. The highest BCUT2D eigenvalue weighted by Gasteiger charge is 2.28. The second-order valence-electron chi connectivity index (χ2n) is 5.35. The number of hydrogen-bond donors (Lipinski definition) is 2. The first-order chi connectivity index (χ1) is 10.8. The van der Waals surface area contributed by atoms with Crippen molar-refractivity contribution >= 4 is 16.7 Å². The van der Waals surface area contributed by atoms with E-state index in [1.165, 1.54) is 0 Å². The molecular weight excluding hydrogens is 283 g/mol. The number of anilines is 1. The van der Waals surface area contributed by atoms with Gasteiger partial charge in [-0.05, 0) is 18.2 Å². The summed E-state index contributed by atoms with van der Waals surface area (Å²) in [4.78, 5) is 4.26. The lowest BCUT2D eigenvalue weighted by atomic mass is 10.1. The van der Waals surface area contributed by atoms with Crippen molar-refractivity contribution in [3.63, 3.8) is 0 Å². The molecule has 0 saturated carbocycles. The van der Waals surface area contributed by atoms with Crippen LogP contribution in [0.5, 0.6) is 0 Å². The third-order valence-corrected chi connectivity index (χ3v) is 3.85. The van der Waals surface area contributed by atoms with Crippen molar-refractivity contribution in [2.24, 2.45) is 0 Å². The van der Waals surface area contributed by atoms with Gasteiger partial charge in [-0.15, -0.1) is 0 Å². The Morgan fingerprint density at radius 2 is 2.14 bits per heavy atom. The number of aromatic amines is 1. The predicted octanol–water partition coefficient (Wildman–Crippen LogP) is 2.77. The number of halogens is 1. The first-order valence-electron chi connectivity index (χ1n) is 7.19. The van der Waals surface area contributed by atoms with Gasteiger partial charge >= 0.3 is 0 Å². The van der Waals surface area contributed by atoms with E-state index in [0.29, 0.717) is 12.4 Å². The third kappa shape index (κ3) is 2.31. The molecule has 2 N–H and O–H groups in total. The number of H-pyrrole nitrogens is 1. The fourth-order valence-electron chi connectivity index (χ4n) is 2.69. The maximum absolute atomic E-state index is 13.6. The maximum Gasteiger partial charge on any atom is 0.146 e. The van der Waals surface area contributed by atoms with Gasteiger partial charge in [0.15, 0.2) is 0 Å². The molecule has 2 unspecified atom stereocenters. The molecule has 2 aromatic heterocycles. The number of ether oxygens (including phenoxy) is 1. The summed E-state index contributed by atoms with van der Waals surface area (Å²) in [5.41, 5.74) is 2.78. The molecule has 4 rings (SSSR count). The Morgan fingerprint density at radius 3 is 3.00 bits per heavy atom. The summed E-state index contributed by atoms with van der Waals surface area (Å²) in [6.07, 6.45) is 0.695. The van der Waals surface area contributed by atoms with E-state index >= 15 is 0 Å². The second-order valence-corrected chi connectivity index (χ2v) is 5.35. The molecule has 1 fully saturated rings. The number of rotatable bonds is 3. The molecule has 2 atom stereocenters. The van der Waals surface area contributed by atoms with Gasteiger partial charge < -0.3 is 10.1 Å². The summed E-state index contributed by atoms with van der Waals surface area (Å²) in [6, 6.07) is 11.4. The molecule has 6 heteroatoms. The van der Waals surface area contributed by atoms with E-state index in [4.69, 9.17) is 4.74 Å². The van der Waals surface area contributed by atoms with E-state index < -0.39 is 6.17 Å². The maximum atomic E-state index is 13.6. The average molecular weight is 298 g/mol. The summed E-state index contributed by atoms with van der Waals surface area (Å²) in [6.45, 7) is 0.500. The molecule has 0 bridgehead atoms. The van der Waals surface area contributed by atoms with E-state index in [1.54, 1.807) is 6.20 Å². The predicted molar refractivity (Wildman–Crippen MR) is 82.5 cm³/mol. The zero-order valence-electron chi connectivity index (χ0n) is 11.8. The van der Waals surface area contributed by atoms with Gasteiger partial charge in [0.2, 0.25) is 0 Å². The average Bonchev–Trinajstić information content (AvgIpc) is 3.14. The van der Waals surface area contributed by atoms with Gasteiger partial charge in [-0.2, -0.15) is 5.10 Å². The molecule has 0 aliphatic carbocycles. The van der Waals surface area contributed by atoms with Gasteiger partial charge in [0, 0.05) is 17.1 Å². The molecular formula is C16H15FN4O.